The molecule has 0 unspecified atom stereocenters. The zero-order chi connectivity index (χ0) is 36.9. The third kappa shape index (κ3) is 6.71. The maximum Gasteiger partial charge on any atom is 0.202 e. The molecule has 2 nitrogen and oxygen atoms in total. The lowest BCUT2D eigenvalue weighted by molar-refractivity contribution is 0.101. The number of benzene rings is 4. The van der Waals surface area contributed by atoms with Crippen LogP contribution < -0.4 is 0 Å². The Hall–Kier alpha value is -3.34. The first-order valence-electron chi connectivity index (χ1n) is 17.7. The summed E-state index contributed by atoms with van der Waals surface area (Å²) < 4.78 is 0. The van der Waals surface area contributed by atoms with E-state index in [-0.39, 0.29) is 33.2 Å². The highest BCUT2D eigenvalue weighted by Gasteiger charge is 2.38. The standard InChI is InChI=1S/C46H52O2S2/c1-25-15-27(29-17-31(43(3,4)5)23-32(18-29)44(6,7)8)21-35-37(25)39(47)41(49-35)42-40(48)38-26(2)16-28(22-36(38)50-42)30-19-33(45(9,10)11)24-34(20-30)46(12,13)14/h15-24H,1-14H3/b42-41+. The first-order valence-corrected chi connectivity index (χ1v) is 19.4. The highest BCUT2D eigenvalue weighted by Crippen LogP contribution is 2.52. The van der Waals surface area contributed by atoms with Crippen LogP contribution in [0.25, 0.3) is 22.3 Å². The van der Waals surface area contributed by atoms with Crippen LogP contribution in [0.4, 0.5) is 0 Å². The number of carbonyl (C=O) groups is 2. The number of fused-ring (bicyclic) bond motifs is 2. The van der Waals surface area contributed by atoms with Crippen molar-refractivity contribution in [2.45, 2.75) is 128 Å². The summed E-state index contributed by atoms with van der Waals surface area (Å²) in [7, 11) is 0. The number of hydrogen-bond donors (Lipinski definition) is 0. The lowest BCUT2D eigenvalue weighted by atomic mass is 9.78. The number of ketones is 2. The van der Waals surface area contributed by atoms with Gasteiger partial charge in [-0.1, -0.05) is 155 Å². The van der Waals surface area contributed by atoms with E-state index in [1.165, 1.54) is 45.8 Å². The molecule has 0 amide bonds. The van der Waals surface area contributed by atoms with Gasteiger partial charge in [0.1, 0.15) is 0 Å². The molecule has 0 atom stereocenters. The van der Waals surface area contributed by atoms with Gasteiger partial charge in [-0.3, -0.25) is 9.59 Å². The molecule has 0 aliphatic carbocycles. The van der Waals surface area contributed by atoms with Crippen molar-refractivity contribution in [2.24, 2.45) is 0 Å². The molecule has 0 saturated heterocycles. The van der Waals surface area contributed by atoms with Crippen LogP contribution in [-0.4, -0.2) is 11.6 Å². The molecule has 0 radical (unpaired) electrons. The van der Waals surface area contributed by atoms with Crippen molar-refractivity contribution >= 4 is 35.1 Å². The van der Waals surface area contributed by atoms with E-state index in [1.807, 2.05) is 13.8 Å². The Morgan fingerprint density at radius 3 is 0.900 bits per heavy atom. The Bertz CT molecular complexity index is 1920. The van der Waals surface area contributed by atoms with Gasteiger partial charge in [0.2, 0.25) is 11.6 Å². The van der Waals surface area contributed by atoms with Crippen molar-refractivity contribution in [3.8, 4) is 22.3 Å². The summed E-state index contributed by atoms with van der Waals surface area (Å²) in [5, 5.41) is 0. The molecule has 2 aliphatic rings. The first-order chi connectivity index (χ1) is 22.9. The second-order valence-electron chi connectivity index (χ2n) is 18.5. The summed E-state index contributed by atoms with van der Waals surface area (Å²) in [5.41, 5.74) is 13.1. The zero-order valence-electron chi connectivity index (χ0n) is 32.4. The van der Waals surface area contributed by atoms with Gasteiger partial charge in [0.15, 0.2) is 0 Å². The molecule has 4 heteroatoms. The summed E-state index contributed by atoms with van der Waals surface area (Å²) in [4.78, 5) is 31.2. The molecule has 2 aliphatic heterocycles. The largest absolute Gasteiger partial charge is 0.288 e. The quantitative estimate of drug-likeness (QED) is 0.195. The smallest absolute Gasteiger partial charge is 0.202 e. The normalized spacial score (nSPS) is 16.7. The molecule has 4 aromatic rings. The second-order valence-corrected chi connectivity index (χ2v) is 20.6. The monoisotopic (exact) mass is 700 g/mol. The van der Waals surface area contributed by atoms with Gasteiger partial charge in [0.25, 0.3) is 0 Å². The van der Waals surface area contributed by atoms with Crippen LogP contribution in [0.15, 0.2) is 80.3 Å². The molecule has 4 aromatic carbocycles. The fourth-order valence-corrected chi connectivity index (χ4v) is 9.28. The van der Waals surface area contributed by atoms with Crippen LogP contribution in [0.3, 0.4) is 0 Å². The SMILES string of the molecule is Cc1cc(-c2cc(C(C)(C)C)cc(C(C)(C)C)c2)cc2c1C(=O)/C(=C1\Sc3cc(-c4cc(C(C)(C)C)cc(C(C)(C)C)c4)cc(C)c3C1=O)S2. The summed E-state index contributed by atoms with van der Waals surface area (Å²) in [5.74, 6) is -0.0794. The van der Waals surface area contributed by atoms with E-state index in [9.17, 15) is 9.59 Å². The molecule has 0 fully saturated rings. The number of rotatable bonds is 2. The molecule has 6 rings (SSSR count). The van der Waals surface area contributed by atoms with Crippen LogP contribution in [0, 0.1) is 13.8 Å². The van der Waals surface area contributed by atoms with E-state index in [4.69, 9.17) is 0 Å². The fourth-order valence-electron chi connectivity index (χ4n) is 6.75. The van der Waals surface area contributed by atoms with Gasteiger partial charge in [-0.05, 0) is 103 Å². The predicted octanol–water partition coefficient (Wildman–Crippen LogP) is 13.3. The lowest BCUT2D eigenvalue weighted by Crippen LogP contribution is -2.16. The van der Waals surface area contributed by atoms with Gasteiger partial charge in [-0.15, -0.1) is 0 Å². The van der Waals surface area contributed by atoms with Crippen LogP contribution in [-0.2, 0) is 21.7 Å². The molecule has 0 N–H and O–H groups in total. The van der Waals surface area contributed by atoms with E-state index in [0.717, 1.165) is 54.3 Å². The van der Waals surface area contributed by atoms with Gasteiger partial charge in [-0.25, -0.2) is 0 Å². The maximum atomic E-state index is 14.1. The number of allylic oxidation sites excluding steroid dienone is 2. The van der Waals surface area contributed by atoms with Gasteiger partial charge < -0.3 is 0 Å². The van der Waals surface area contributed by atoms with Crippen molar-refractivity contribution in [1.82, 2.24) is 0 Å². The van der Waals surface area contributed by atoms with Crippen LogP contribution in [0.1, 0.15) is 137 Å². The van der Waals surface area contributed by atoms with E-state index in [1.54, 1.807) is 0 Å². The van der Waals surface area contributed by atoms with Gasteiger partial charge in [0.05, 0.1) is 9.81 Å². The number of thioether (sulfide) groups is 2. The van der Waals surface area contributed by atoms with Crippen molar-refractivity contribution in [3.63, 3.8) is 0 Å². The van der Waals surface area contributed by atoms with Crippen LogP contribution >= 0.6 is 23.5 Å². The van der Waals surface area contributed by atoms with Crippen molar-refractivity contribution in [2.75, 3.05) is 0 Å². The van der Waals surface area contributed by atoms with E-state index in [0.29, 0.717) is 9.81 Å². The number of carbonyl (C=O) groups excluding carboxylic acids is 2. The fraction of sp³-hybridized carbons (Fsp3) is 0.391. The number of hydrogen-bond acceptors (Lipinski definition) is 4. The maximum absolute atomic E-state index is 14.1. The average Bonchev–Trinajstić information content (AvgIpc) is 3.51. The third-order valence-corrected chi connectivity index (χ3v) is 12.5. The highest BCUT2D eigenvalue weighted by molar-refractivity contribution is 8.08. The summed E-state index contributed by atoms with van der Waals surface area (Å²) in [6.07, 6.45) is 0. The first kappa shape index (κ1) is 36.5. The second kappa shape index (κ2) is 12.1. The summed E-state index contributed by atoms with van der Waals surface area (Å²) >= 11 is 2.93. The molecule has 50 heavy (non-hydrogen) atoms. The molecular weight excluding hydrogens is 649 g/mol. The minimum absolute atomic E-state index is 0.00141. The topological polar surface area (TPSA) is 34.1 Å². The Labute approximate surface area is 308 Å². The van der Waals surface area contributed by atoms with Gasteiger partial charge in [0, 0.05) is 20.9 Å². The summed E-state index contributed by atoms with van der Waals surface area (Å²) in [6, 6.07) is 22.5. The van der Waals surface area contributed by atoms with Crippen molar-refractivity contribution < 1.29 is 9.59 Å². The molecule has 0 aromatic heterocycles. The van der Waals surface area contributed by atoms with Gasteiger partial charge in [-0.2, -0.15) is 0 Å². The summed E-state index contributed by atoms with van der Waals surface area (Å²) in [6.45, 7) is 31.1. The Balaban J connectivity index is 1.40. The van der Waals surface area contributed by atoms with E-state index >= 15 is 0 Å². The van der Waals surface area contributed by atoms with Crippen LogP contribution in [0.2, 0.25) is 0 Å². The lowest BCUT2D eigenvalue weighted by Gasteiger charge is -2.26. The predicted molar refractivity (Wildman–Crippen MR) is 215 cm³/mol. The van der Waals surface area contributed by atoms with E-state index in [2.05, 4.69) is 144 Å². The zero-order valence-corrected chi connectivity index (χ0v) is 34.0. The molecule has 2 heterocycles. The number of Topliss-reactive ketones (excluding diaryl/α,β-unsaturated/α-hetero) is 2. The van der Waals surface area contributed by atoms with Crippen LogP contribution in [0.5, 0.6) is 0 Å². The highest BCUT2D eigenvalue weighted by atomic mass is 32.2. The number of aryl methyl sites for hydroxylation is 2. The molecule has 0 spiro atoms. The molecule has 0 saturated carbocycles. The minimum Gasteiger partial charge on any atom is -0.288 e. The Morgan fingerprint density at radius 2 is 0.640 bits per heavy atom. The molecular formula is C46H52O2S2. The van der Waals surface area contributed by atoms with Crippen molar-refractivity contribution in [1.29, 1.82) is 0 Å². The van der Waals surface area contributed by atoms with Crippen molar-refractivity contribution in [3.05, 3.63) is 115 Å². The molecule has 0 bridgehead atoms. The Kier molecular flexibility index (Phi) is 8.84. The van der Waals surface area contributed by atoms with E-state index < -0.39 is 0 Å². The molecule has 260 valence electrons. The van der Waals surface area contributed by atoms with Gasteiger partial charge >= 0.3 is 0 Å². The minimum atomic E-state index is -0.0397. The Morgan fingerprint density at radius 1 is 0.380 bits per heavy atom. The average molecular weight is 701 g/mol. The third-order valence-electron chi connectivity index (χ3n) is 10.1.